The zero-order valence-corrected chi connectivity index (χ0v) is 14.6. The summed E-state index contributed by atoms with van der Waals surface area (Å²) in [7, 11) is 0. The molecule has 0 saturated heterocycles. The van der Waals surface area contributed by atoms with Crippen LogP contribution in [-0.4, -0.2) is 23.2 Å². The summed E-state index contributed by atoms with van der Waals surface area (Å²) in [5.74, 6) is 1.72. The zero-order chi connectivity index (χ0) is 16.7. The molecule has 0 saturated carbocycles. The fourth-order valence-corrected chi connectivity index (χ4v) is 2.70. The van der Waals surface area contributed by atoms with Crippen molar-refractivity contribution in [2.45, 2.75) is 65.7 Å². The van der Waals surface area contributed by atoms with E-state index in [9.17, 15) is 4.79 Å². The molecule has 0 atom stereocenters. The lowest BCUT2D eigenvalue weighted by atomic mass is 10.1. The monoisotopic (exact) mass is 316 g/mol. The molecular weight excluding hydrogens is 288 g/mol. The van der Waals surface area contributed by atoms with Gasteiger partial charge in [0.25, 0.3) is 5.91 Å². The van der Waals surface area contributed by atoms with Crippen LogP contribution >= 0.6 is 0 Å². The third-order valence-electron chi connectivity index (χ3n) is 4.09. The van der Waals surface area contributed by atoms with E-state index >= 15 is 0 Å². The second kappa shape index (κ2) is 8.70. The van der Waals surface area contributed by atoms with Gasteiger partial charge in [0.2, 0.25) is 0 Å². The molecule has 2 heterocycles. The maximum atomic E-state index is 12.4. The molecule has 0 aromatic carbocycles. The minimum absolute atomic E-state index is 0.0115. The van der Waals surface area contributed by atoms with E-state index in [1.165, 1.54) is 12.8 Å². The molecule has 4 nitrogen and oxygen atoms in total. The van der Waals surface area contributed by atoms with Gasteiger partial charge in [-0.1, -0.05) is 39.5 Å². The normalized spacial score (nSPS) is 16.5. The predicted octanol–water partition coefficient (Wildman–Crippen LogP) is 4.80. The maximum absolute atomic E-state index is 12.4. The van der Waals surface area contributed by atoms with Crippen molar-refractivity contribution in [1.29, 1.82) is 0 Å². The highest BCUT2D eigenvalue weighted by molar-refractivity contribution is 6.26. The summed E-state index contributed by atoms with van der Waals surface area (Å²) in [6, 6.07) is 3.95. The Morgan fingerprint density at radius 3 is 2.61 bits per heavy atom. The van der Waals surface area contributed by atoms with E-state index in [1.807, 2.05) is 25.1 Å². The van der Waals surface area contributed by atoms with E-state index in [2.05, 4.69) is 18.9 Å². The molecule has 0 fully saturated rings. The molecule has 0 aliphatic carbocycles. The molecule has 0 N–H and O–H groups in total. The summed E-state index contributed by atoms with van der Waals surface area (Å²) in [5.41, 5.74) is 1.42. The third kappa shape index (κ3) is 4.81. The quantitative estimate of drug-likeness (QED) is 0.485. The number of hydrazone groups is 1. The van der Waals surface area contributed by atoms with E-state index < -0.39 is 0 Å². The highest BCUT2D eigenvalue weighted by atomic mass is 16.3. The molecule has 1 aliphatic heterocycles. The van der Waals surface area contributed by atoms with Gasteiger partial charge in [-0.15, -0.1) is 0 Å². The van der Waals surface area contributed by atoms with Crippen molar-refractivity contribution in [2.75, 3.05) is 6.54 Å². The topological polar surface area (TPSA) is 45.8 Å². The number of furan rings is 1. The van der Waals surface area contributed by atoms with E-state index in [0.717, 1.165) is 49.3 Å². The van der Waals surface area contributed by atoms with Gasteiger partial charge in [0, 0.05) is 13.0 Å². The molecule has 2 rings (SSSR count). The van der Waals surface area contributed by atoms with E-state index in [4.69, 9.17) is 4.42 Å². The first-order chi connectivity index (χ1) is 11.2. The first-order valence-electron chi connectivity index (χ1n) is 8.83. The second-order valence-electron chi connectivity index (χ2n) is 6.14. The molecule has 4 heteroatoms. The summed E-state index contributed by atoms with van der Waals surface area (Å²) in [4.78, 5) is 12.4. The maximum Gasteiger partial charge on any atom is 0.276 e. The van der Waals surface area contributed by atoms with Crippen LogP contribution in [0.25, 0.3) is 6.08 Å². The zero-order valence-electron chi connectivity index (χ0n) is 14.6. The highest BCUT2D eigenvalue weighted by Crippen LogP contribution is 2.21. The Morgan fingerprint density at radius 1 is 1.13 bits per heavy atom. The first kappa shape index (κ1) is 17.5. The van der Waals surface area contributed by atoms with Gasteiger partial charge in [-0.3, -0.25) is 4.79 Å². The van der Waals surface area contributed by atoms with Crippen LogP contribution in [0.1, 0.15) is 70.8 Å². The van der Waals surface area contributed by atoms with Gasteiger partial charge < -0.3 is 4.42 Å². The lowest BCUT2D eigenvalue weighted by Gasteiger charge is -2.10. The lowest BCUT2D eigenvalue weighted by molar-refractivity contribution is -0.125. The van der Waals surface area contributed by atoms with Gasteiger partial charge in [0.15, 0.2) is 0 Å². The Labute approximate surface area is 139 Å². The average molecular weight is 316 g/mol. The molecule has 0 bridgehead atoms. The second-order valence-corrected chi connectivity index (χ2v) is 6.14. The van der Waals surface area contributed by atoms with E-state index in [-0.39, 0.29) is 5.91 Å². The minimum Gasteiger partial charge on any atom is -0.462 e. The van der Waals surface area contributed by atoms with Crippen LogP contribution in [0.3, 0.4) is 0 Å². The minimum atomic E-state index is -0.0115. The Balaban J connectivity index is 1.99. The SMILES string of the molecule is CCCCCc1ccc(C=C2C(=O)N(CCCCC)N=C2C)o1. The van der Waals surface area contributed by atoms with Crippen molar-refractivity contribution in [3.05, 3.63) is 29.2 Å². The van der Waals surface area contributed by atoms with Gasteiger partial charge in [0.1, 0.15) is 11.5 Å². The average Bonchev–Trinajstić information content (AvgIpc) is 3.08. The number of carbonyl (C=O) groups excluding carboxylic acids is 1. The largest absolute Gasteiger partial charge is 0.462 e. The number of hydrogen-bond acceptors (Lipinski definition) is 3. The molecular formula is C19H28N2O2. The molecule has 1 aliphatic rings. The van der Waals surface area contributed by atoms with Crippen molar-refractivity contribution in [2.24, 2.45) is 5.10 Å². The molecule has 0 unspecified atom stereocenters. The van der Waals surface area contributed by atoms with Crippen LogP contribution in [-0.2, 0) is 11.2 Å². The number of unbranched alkanes of at least 4 members (excludes halogenated alkanes) is 4. The van der Waals surface area contributed by atoms with E-state index in [1.54, 1.807) is 5.01 Å². The number of nitrogens with zero attached hydrogens (tertiary/aromatic N) is 2. The van der Waals surface area contributed by atoms with Gasteiger partial charge in [-0.25, -0.2) is 5.01 Å². The fourth-order valence-electron chi connectivity index (χ4n) is 2.70. The van der Waals surface area contributed by atoms with Crippen LogP contribution in [0.5, 0.6) is 0 Å². The molecule has 0 radical (unpaired) electrons. The Morgan fingerprint density at radius 2 is 1.87 bits per heavy atom. The van der Waals surface area contributed by atoms with Crippen molar-refractivity contribution < 1.29 is 9.21 Å². The number of carbonyl (C=O) groups is 1. The molecule has 23 heavy (non-hydrogen) atoms. The lowest BCUT2D eigenvalue weighted by Crippen LogP contribution is -2.23. The summed E-state index contributed by atoms with van der Waals surface area (Å²) < 4.78 is 5.82. The van der Waals surface area contributed by atoms with Crippen LogP contribution < -0.4 is 0 Å². The summed E-state index contributed by atoms with van der Waals surface area (Å²) in [6.45, 7) is 6.93. The fraction of sp³-hybridized carbons (Fsp3) is 0.579. The summed E-state index contributed by atoms with van der Waals surface area (Å²) >= 11 is 0. The van der Waals surface area contributed by atoms with Crippen LogP contribution in [0.4, 0.5) is 0 Å². The molecule has 126 valence electrons. The predicted molar refractivity (Wildman–Crippen MR) is 94.3 cm³/mol. The van der Waals surface area contributed by atoms with Gasteiger partial charge in [-0.05, 0) is 38.0 Å². The smallest absolute Gasteiger partial charge is 0.276 e. The summed E-state index contributed by atoms with van der Waals surface area (Å²) in [5, 5.41) is 5.96. The van der Waals surface area contributed by atoms with Gasteiger partial charge >= 0.3 is 0 Å². The molecule has 1 aromatic rings. The van der Waals surface area contributed by atoms with Crippen molar-refractivity contribution in [3.8, 4) is 0 Å². The Kier molecular flexibility index (Phi) is 6.63. The molecule has 1 aromatic heterocycles. The number of rotatable bonds is 9. The van der Waals surface area contributed by atoms with Gasteiger partial charge in [0.05, 0.1) is 11.3 Å². The number of aryl methyl sites for hydroxylation is 1. The van der Waals surface area contributed by atoms with Crippen LogP contribution in [0.15, 0.2) is 27.2 Å². The summed E-state index contributed by atoms with van der Waals surface area (Å²) in [6.07, 6.45) is 9.60. The Bertz CT molecular complexity index is 584. The molecule has 0 spiro atoms. The van der Waals surface area contributed by atoms with Gasteiger partial charge in [-0.2, -0.15) is 5.10 Å². The van der Waals surface area contributed by atoms with Crippen molar-refractivity contribution >= 4 is 17.7 Å². The van der Waals surface area contributed by atoms with Crippen LogP contribution in [0, 0.1) is 0 Å². The highest BCUT2D eigenvalue weighted by Gasteiger charge is 2.27. The standard InChI is InChI=1S/C19H28N2O2/c1-4-6-8-10-16-11-12-17(23-16)14-18-15(3)20-21(19(18)22)13-9-7-5-2/h11-12,14H,4-10,13H2,1-3H3. The van der Waals surface area contributed by atoms with Crippen LogP contribution in [0.2, 0.25) is 0 Å². The number of amides is 1. The number of hydrogen-bond donors (Lipinski definition) is 0. The first-order valence-corrected chi connectivity index (χ1v) is 8.83. The van der Waals surface area contributed by atoms with Crippen molar-refractivity contribution in [3.63, 3.8) is 0 Å². The van der Waals surface area contributed by atoms with Crippen molar-refractivity contribution in [1.82, 2.24) is 5.01 Å². The Hall–Kier alpha value is -1.84. The molecule has 1 amide bonds. The third-order valence-corrected chi connectivity index (χ3v) is 4.09. The van der Waals surface area contributed by atoms with E-state index in [0.29, 0.717) is 12.1 Å².